The zero-order chi connectivity index (χ0) is 14.0. The SMILES string of the molecule is CCCCCN(CCC(NCC)C(N)=O)C(C)C. The van der Waals surface area contributed by atoms with Gasteiger partial charge in [0.05, 0.1) is 6.04 Å². The molecule has 0 radical (unpaired) electrons. The summed E-state index contributed by atoms with van der Waals surface area (Å²) in [6.07, 6.45) is 4.55. The lowest BCUT2D eigenvalue weighted by Crippen LogP contribution is -2.44. The number of hydrogen-bond donors (Lipinski definition) is 2. The van der Waals surface area contributed by atoms with Gasteiger partial charge in [0.1, 0.15) is 0 Å². The summed E-state index contributed by atoms with van der Waals surface area (Å²) in [6, 6.07) is 0.333. The lowest BCUT2D eigenvalue weighted by Gasteiger charge is -2.28. The third-order valence-electron chi connectivity index (χ3n) is 3.28. The maximum Gasteiger partial charge on any atom is 0.234 e. The molecular formula is C14H31N3O. The average Bonchev–Trinajstić information content (AvgIpc) is 2.31. The second-order valence-electron chi connectivity index (χ2n) is 5.14. The van der Waals surface area contributed by atoms with Gasteiger partial charge in [-0.1, -0.05) is 26.7 Å². The molecule has 0 saturated carbocycles. The molecule has 4 nitrogen and oxygen atoms in total. The number of likely N-dealkylation sites (N-methyl/N-ethyl adjacent to an activating group) is 1. The molecule has 0 bridgehead atoms. The zero-order valence-electron chi connectivity index (χ0n) is 12.5. The first-order valence-electron chi connectivity index (χ1n) is 7.29. The Bertz CT molecular complexity index is 219. The standard InChI is InChI=1S/C14H31N3O/c1-5-7-8-10-17(12(3)4)11-9-13(14(15)18)16-6-2/h12-13,16H,5-11H2,1-4H3,(H2,15,18). The van der Waals surface area contributed by atoms with Crippen molar-refractivity contribution in [3.63, 3.8) is 0 Å². The predicted molar refractivity (Wildman–Crippen MR) is 77.5 cm³/mol. The monoisotopic (exact) mass is 257 g/mol. The van der Waals surface area contributed by atoms with E-state index in [0.29, 0.717) is 6.04 Å². The fourth-order valence-corrected chi connectivity index (χ4v) is 2.08. The van der Waals surface area contributed by atoms with Crippen LogP contribution in [0.3, 0.4) is 0 Å². The van der Waals surface area contributed by atoms with E-state index in [1.54, 1.807) is 0 Å². The van der Waals surface area contributed by atoms with Crippen LogP contribution in [0.25, 0.3) is 0 Å². The number of carbonyl (C=O) groups is 1. The molecule has 18 heavy (non-hydrogen) atoms. The summed E-state index contributed by atoms with van der Waals surface area (Å²) in [4.78, 5) is 13.7. The van der Waals surface area contributed by atoms with Crippen molar-refractivity contribution in [2.24, 2.45) is 5.73 Å². The van der Waals surface area contributed by atoms with Crippen LogP contribution in [0.1, 0.15) is 53.4 Å². The number of hydrogen-bond acceptors (Lipinski definition) is 3. The Kier molecular flexibility index (Phi) is 9.98. The van der Waals surface area contributed by atoms with Crippen LogP contribution >= 0.6 is 0 Å². The topological polar surface area (TPSA) is 58.4 Å². The van der Waals surface area contributed by atoms with Crippen LogP contribution in [0.4, 0.5) is 0 Å². The summed E-state index contributed by atoms with van der Waals surface area (Å²) < 4.78 is 0. The smallest absolute Gasteiger partial charge is 0.234 e. The van der Waals surface area contributed by atoms with Gasteiger partial charge in [0.2, 0.25) is 5.91 Å². The van der Waals surface area contributed by atoms with Crippen LogP contribution in [-0.4, -0.2) is 42.5 Å². The van der Waals surface area contributed by atoms with Crippen LogP contribution < -0.4 is 11.1 Å². The van der Waals surface area contributed by atoms with Crippen molar-refractivity contribution in [1.29, 1.82) is 0 Å². The van der Waals surface area contributed by atoms with Crippen molar-refractivity contribution >= 4 is 5.91 Å². The van der Waals surface area contributed by atoms with Crippen molar-refractivity contribution in [1.82, 2.24) is 10.2 Å². The molecule has 1 atom stereocenters. The van der Waals surface area contributed by atoms with Gasteiger partial charge in [0, 0.05) is 12.6 Å². The van der Waals surface area contributed by atoms with Gasteiger partial charge in [0.25, 0.3) is 0 Å². The molecule has 0 aliphatic rings. The van der Waals surface area contributed by atoms with E-state index in [-0.39, 0.29) is 11.9 Å². The second kappa shape index (κ2) is 10.3. The Balaban J connectivity index is 4.10. The molecule has 3 N–H and O–H groups in total. The second-order valence-corrected chi connectivity index (χ2v) is 5.14. The summed E-state index contributed by atoms with van der Waals surface area (Å²) in [5.41, 5.74) is 5.39. The first kappa shape index (κ1) is 17.4. The van der Waals surface area contributed by atoms with Crippen LogP contribution in [0.15, 0.2) is 0 Å². The van der Waals surface area contributed by atoms with Crippen molar-refractivity contribution in [3.05, 3.63) is 0 Å². The van der Waals surface area contributed by atoms with Crippen LogP contribution in [0, 0.1) is 0 Å². The van der Waals surface area contributed by atoms with Gasteiger partial charge >= 0.3 is 0 Å². The number of rotatable bonds is 11. The van der Waals surface area contributed by atoms with Gasteiger partial charge in [-0.25, -0.2) is 0 Å². The van der Waals surface area contributed by atoms with Gasteiger partial charge in [-0.15, -0.1) is 0 Å². The van der Waals surface area contributed by atoms with Gasteiger partial charge in [-0.3, -0.25) is 4.79 Å². The molecule has 1 unspecified atom stereocenters. The molecule has 0 fully saturated rings. The van der Waals surface area contributed by atoms with Crippen molar-refractivity contribution < 1.29 is 4.79 Å². The zero-order valence-corrected chi connectivity index (χ0v) is 12.5. The van der Waals surface area contributed by atoms with Gasteiger partial charge < -0.3 is 16.0 Å². The molecule has 0 aromatic rings. The van der Waals surface area contributed by atoms with E-state index >= 15 is 0 Å². The van der Waals surface area contributed by atoms with E-state index in [4.69, 9.17) is 5.73 Å². The number of unbranched alkanes of at least 4 members (excludes halogenated alkanes) is 2. The van der Waals surface area contributed by atoms with Crippen molar-refractivity contribution in [3.8, 4) is 0 Å². The van der Waals surface area contributed by atoms with Crippen LogP contribution in [0.5, 0.6) is 0 Å². The molecule has 0 aliphatic heterocycles. The molecule has 0 heterocycles. The van der Waals surface area contributed by atoms with E-state index in [1.165, 1.54) is 19.3 Å². The number of nitrogens with zero attached hydrogens (tertiary/aromatic N) is 1. The Morgan fingerprint density at radius 2 is 1.89 bits per heavy atom. The highest BCUT2D eigenvalue weighted by molar-refractivity contribution is 5.79. The molecular weight excluding hydrogens is 226 g/mol. The van der Waals surface area contributed by atoms with E-state index in [2.05, 4.69) is 31.0 Å². The van der Waals surface area contributed by atoms with Crippen molar-refractivity contribution in [2.75, 3.05) is 19.6 Å². The number of amides is 1. The highest BCUT2D eigenvalue weighted by Crippen LogP contribution is 2.05. The number of nitrogens with two attached hydrogens (primary N) is 1. The molecule has 108 valence electrons. The van der Waals surface area contributed by atoms with Gasteiger partial charge in [-0.2, -0.15) is 0 Å². The largest absolute Gasteiger partial charge is 0.368 e. The fourth-order valence-electron chi connectivity index (χ4n) is 2.08. The summed E-state index contributed by atoms with van der Waals surface area (Å²) in [5, 5.41) is 3.14. The van der Waals surface area contributed by atoms with Crippen LogP contribution in [0.2, 0.25) is 0 Å². The lowest BCUT2D eigenvalue weighted by atomic mass is 10.1. The van der Waals surface area contributed by atoms with E-state index < -0.39 is 0 Å². The lowest BCUT2D eigenvalue weighted by molar-refractivity contribution is -0.120. The molecule has 1 amide bonds. The van der Waals surface area contributed by atoms with Gasteiger partial charge in [0.15, 0.2) is 0 Å². The average molecular weight is 257 g/mol. The molecule has 0 aromatic heterocycles. The predicted octanol–water partition coefficient (Wildman–Crippen LogP) is 1.74. The molecule has 0 saturated heterocycles. The number of primary amides is 1. The van der Waals surface area contributed by atoms with E-state index in [1.807, 2.05) is 6.92 Å². The third-order valence-corrected chi connectivity index (χ3v) is 3.28. The third kappa shape index (κ3) is 7.67. The molecule has 0 aromatic carbocycles. The maximum absolute atomic E-state index is 11.3. The van der Waals surface area contributed by atoms with E-state index in [0.717, 1.165) is 26.1 Å². The van der Waals surface area contributed by atoms with Crippen LogP contribution in [-0.2, 0) is 4.79 Å². The maximum atomic E-state index is 11.3. The quantitative estimate of drug-likeness (QED) is 0.554. The van der Waals surface area contributed by atoms with Gasteiger partial charge in [-0.05, 0) is 39.8 Å². The van der Waals surface area contributed by atoms with E-state index in [9.17, 15) is 4.79 Å². The minimum absolute atomic E-state index is 0.192. The molecule has 0 spiro atoms. The minimum atomic E-state index is -0.242. The Hall–Kier alpha value is -0.610. The molecule has 0 rings (SSSR count). The molecule has 0 aliphatic carbocycles. The Morgan fingerprint density at radius 3 is 2.33 bits per heavy atom. The first-order valence-corrected chi connectivity index (χ1v) is 7.29. The van der Waals surface area contributed by atoms with Crippen molar-refractivity contribution in [2.45, 2.75) is 65.5 Å². The number of nitrogens with one attached hydrogen (secondary N) is 1. The normalized spacial score (nSPS) is 13.2. The summed E-state index contributed by atoms with van der Waals surface area (Å²) in [6.45, 7) is 11.5. The molecule has 4 heteroatoms. The highest BCUT2D eigenvalue weighted by atomic mass is 16.1. The Labute approximate surface area is 112 Å². The number of carbonyl (C=O) groups excluding carboxylic acids is 1. The Morgan fingerprint density at radius 1 is 1.22 bits per heavy atom. The summed E-state index contributed by atoms with van der Waals surface area (Å²) in [7, 11) is 0. The fraction of sp³-hybridized carbons (Fsp3) is 0.929. The highest BCUT2D eigenvalue weighted by Gasteiger charge is 2.16. The summed E-state index contributed by atoms with van der Waals surface area (Å²) >= 11 is 0. The minimum Gasteiger partial charge on any atom is -0.368 e. The summed E-state index contributed by atoms with van der Waals surface area (Å²) in [5.74, 6) is -0.242. The first-order chi connectivity index (χ1) is 8.52.